The number of hydrogen-bond acceptors (Lipinski definition) is 7. The summed E-state index contributed by atoms with van der Waals surface area (Å²) >= 11 is 0. The summed E-state index contributed by atoms with van der Waals surface area (Å²) in [7, 11) is 9.48. The van der Waals surface area contributed by atoms with Crippen molar-refractivity contribution < 1.29 is 23.7 Å². The van der Waals surface area contributed by atoms with Crippen LogP contribution >= 0.6 is 0 Å². The molecule has 7 nitrogen and oxygen atoms in total. The summed E-state index contributed by atoms with van der Waals surface area (Å²) in [5.74, 6) is 5.09. The number of nitrogens with zero attached hydrogens (tertiary/aromatic N) is 2. The maximum absolute atomic E-state index is 7.06. The highest BCUT2D eigenvalue weighted by Gasteiger charge is 2.34. The summed E-state index contributed by atoms with van der Waals surface area (Å²) < 4.78 is 31.2. The summed E-state index contributed by atoms with van der Waals surface area (Å²) in [6.07, 6.45) is 3.54. The lowest BCUT2D eigenvalue weighted by molar-refractivity contribution is 0.221. The molecule has 0 aliphatic carbocycles. The molecule has 45 heavy (non-hydrogen) atoms. The van der Waals surface area contributed by atoms with E-state index in [0.717, 1.165) is 72.7 Å². The van der Waals surface area contributed by atoms with Crippen molar-refractivity contribution in [1.82, 2.24) is 9.80 Å². The van der Waals surface area contributed by atoms with Gasteiger partial charge < -0.3 is 23.7 Å². The molecule has 7 heteroatoms. The maximum atomic E-state index is 7.06. The Bertz CT molecular complexity index is 1730. The van der Waals surface area contributed by atoms with E-state index < -0.39 is 0 Å². The Kier molecular flexibility index (Phi) is 7.84. The summed E-state index contributed by atoms with van der Waals surface area (Å²) in [5, 5.41) is 0. The van der Waals surface area contributed by atoms with Crippen LogP contribution in [-0.4, -0.2) is 58.3 Å². The van der Waals surface area contributed by atoms with Gasteiger partial charge in [-0.2, -0.15) is 0 Å². The van der Waals surface area contributed by atoms with E-state index in [4.69, 9.17) is 23.7 Å². The molecule has 0 unspecified atom stereocenters. The third-order valence-corrected chi connectivity index (χ3v) is 9.86. The highest BCUT2D eigenvalue weighted by molar-refractivity contribution is 5.63. The third kappa shape index (κ3) is 5.38. The minimum Gasteiger partial charge on any atom is -0.493 e. The zero-order valence-corrected chi connectivity index (χ0v) is 27.1. The Morgan fingerprint density at radius 2 is 1.36 bits per heavy atom. The van der Waals surface area contributed by atoms with Crippen LogP contribution in [0.15, 0.2) is 60.7 Å². The molecule has 2 atom stereocenters. The molecule has 0 saturated carbocycles. The van der Waals surface area contributed by atoms with Gasteiger partial charge in [0.2, 0.25) is 5.75 Å². The second-order valence-corrected chi connectivity index (χ2v) is 12.6. The van der Waals surface area contributed by atoms with Gasteiger partial charge in [0, 0.05) is 30.7 Å². The van der Waals surface area contributed by atoms with Gasteiger partial charge in [-0.15, -0.1) is 0 Å². The van der Waals surface area contributed by atoms with Gasteiger partial charge in [-0.3, -0.25) is 9.80 Å². The third-order valence-electron chi connectivity index (χ3n) is 9.86. The first kappa shape index (κ1) is 29.5. The van der Waals surface area contributed by atoms with Crippen molar-refractivity contribution in [3.8, 4) is 40.2 Å². The Balaban J connectivity index is 1.46. The Morgan fingerprint density at radius 1 is 0.667 bits per heavy atom. The molecular formula is C38H42N2O5. The number of aryl methyl sites for hydroxylation is 1. The SMILES string of the molecule is COc1ccc2cc1Oc1ccc(cc1)C[C@H]1c3cc(c(C)cc3CCN1C)Oc1c(OC)c(OC)cc3c1[C@H](C2)N(C)CC3. The quantitative estimate of drug-likeness (QED) is 0.240. The molecule has 4 aliphatic rings. The van der Waals surface area contributed by atoms with E-state index in [0.29, 0.717) is 23.0 Å². The van der Waals surface area contributed by atoms with Crippen LogP contribution in [0, 0.1) is 6.92 Å². The van der Waals surface area contributed by atoms with Gasteiger partial charge >= 0.3 is 0 Å². The molecule has 0 radical (unpaired) electrons. The maximum Gasteiger partial charge on any atom is 0.204 e. The van der Waals surface area contributed by atoms with Crippen molar-refractivity contribution in [3.63, 3.8) is 0 Å². The van der Waals surface area contributed by atoms with Crippen LogP contribution in [0.2, 0.25) is 0 Å². The van der Waals surface area contributed by atoms with Crippen LogP contribution in [-0.2, 0) is 25.7 Å². The molecule has 4 aliphatic heterocycles. The summed E-state index contributed by atoms with van der Waals surface area (Å²) in [4.78, 5) is 4.87. The fourth-order valence-corrected chi connectivity index (χ4v) is 7.29. The zero-order valence-electron chi connectivity index (χ0n) is 27.1. The first-order valence-corrected chi connectivity index (χ1v) is 15.8. The lowest BCUT2D eigenvalue weighted by Gasteiger charge is -2.37. The van der Waals surface area contributed by atoms with Crippen LogP contribution < -0.4 is 23.7 Å². The minimum atomic E-state index is 0.0415. The number of likely N-dealkylation sites (N-methyl/N-ethyl adjacent to an activating group) is 2. The molecule has 0 spiro atoms. The topological polar surface area (TPSA) is 52.6 Å². The molecule has 6 bridgehead atoms. The molecule has 8 rings (SSSR count). The van der Waals surface area contributed by atoms with Gasteiger partial charge in [-0.1, -0.05) is 24.3 Å². The first-order chi connectivity index (χ1) is 21.9. The molecule has 0 N–H and O–H groups in total. The number of ether oxygens (including phenoxy) is 5. The molecule has 4 aromatic rings. The number of rotatable bonds is 3. The summed E-state index contributed by atoms with van der Waals surface area (Å²) in [6, 6.07) is 21.7. The second kappa shape index (κ2) is 12.0. The van der Waals surface area contributed by atoms with Gasteiger partial charge in [-0.25, -0.2) is 0 Å². The molecule has 0 fully saturated rings. The smallest absolute Gasteiger partial charge is 0.204 e. The van der Waals surface area contributed by atoms with Crippen molar-refractivity contribution in [3.05, 3.63) is 99.6 Å². The average molecular weight is 607 g/mol. The predicted octanol–water partition coefficient (Wildman–Crippen LogP) is 7.46. The molecule has 0 amide bonds. The fourth-order valence-electron chi connectivity index (χ4n) is 7.29. The molecule has 0 aromatic heterocycles. The predicted molar refractivity (Wildman–Crippen MR) is 176 cm³/mol. The molecule has 4 heterocycles. The Morgan fingerprint density at radius 3 is 2.09 bits per heavy atom. The van der Waals surface area contributed by atoms with E-state index in [1.165, 1.54) is 22.3 Å². The largest absolute Gasteiger partial charge is 0.493 e. The number of methoxy groups -OCH3 is 3. The van der Waals surface area contributed by atoms with Crippen molar-refractivity contribution in [2.75, 3.05) is 48.5 Å². The van der Waals surface area contributed by atoms with Gasteiger partial charge in [0.05, 0.1) is 21.3 Å². The lowest BCUT2D eigenvalue weighted by atomic mass is 9.87. The van der Waals surface area contributed by atoms with Crippen molar-refractivity contribution in [2.45, 2.75) is 44.7 Å². The van der Waals surface area contributed by atoms with Crippen LogP contribution in [0.4, 0.5) is 0 Å². The summed E-state index contributed by atoms with van der Waals surface area (Å²) in [6.45, 7) is 4.08. The Labute approximate surface area is 266 Å². The van der Waals surface area contributed by atoms with Crippen molar-refractivity contribution >= 4 is 0 Å². The molecule has 4 aromatic carbocycles. The Hall–Kier alpha value is -4.20. The highest BCUT2D eigenvalue weighted by atomic mass is 16.5. The standard InChI is InChI=1S/C38H42N2O5/c1-23-17-26-13-15-39(2)30-18-24-7-10-28(11-8-24)44-34-20-25(9-12-32(34)41-4)19-31-36-27(14-16-40(31)3)21-35(42-5)37(43-6)38(36)45-33(23)22-29(26)30/h7-12,17,20-22,30-31H,13-16,18-19H2,1-6H3/t30-,31-/m0/s1. The van der Waals surface area contributed by atoms with E-state index in [1.807, 2.05) is 6.07 Å². The van der Waals surface area contributed by atoms with Gasteiger partial charge in [0.25, 0.3) is 0 Å². The number of hydrogen-bond donors (Lipinski definition) is 0. The molecule has 234 valence electrons. The van der Waals surface area contributed by atoms with Crippen molar-refractivity contribution in [2.24, 2.45) is 0 Å². The van der Waals surface area contributed by atoms with Crippen molar-refractivity contribution in [1.29, 1.82) is 0 Å². The molecular weight excluding hydrogens is 564 g/mol. The lowest BCUT2D eigenvalue weighted by Crippen LogP contribution is -2.34. The van der Waals surface area contributed by atoms with Gasteiger partial charge in [-0.05, 0) is 116 Å². The molecule has 0 saturated heterocycles. The van der Waals surface area contributed by atoms with E-state index in [2.05, 4.69) is 85.4 Å². The summed E-state index contributed by atoms with van der Waals surface area (Å²) in [5.41, 5.74) is 8.58. The van der Waals surface area contributed by atoms with Crippen LogP contribution in [0.5, 0.6) is 40.2 Å². The van der Waals surface area contributed by atoms with Gasteiger partial charge in [0.15, 0.2) is 23.0 Å². The van der Waals surface area contributed by atoms with E-state index in [9.17, 15) is 0 Å². The van der Waals surface area contributed by atoms with E-state index in [-0.39, 0.29) is 12.1 Å². The van der Waals surface area contributed by atoms with Crippen LogP contribution in [0.3, 0.4) is 0 Å². The average Bonchev–Trinajstić information content (AvgIpc) is 3.04. The minimum absolute atomic E-state index is 0.0415. The van der Waals surface area contributed by atoms with E-state index in [1.54, 1.807) is 21.3 Å². The van der Waals surface area contributed by atoms with Crippen LogP contribution in [0.25, 0.3) is 0 Å². The monoisotopic (exact) mass is 606 g/mol. The number of benzene rings is 4. The van der Waals surface area contributed by atoms with Crippen LogP contribution in [0.1, 0.15) is 51.0 Å². The number of fused-ring (bicyclic) bond motifs is 2. The second-order valence-electron chi connectivity index (χ2n) is 12.6. The first-order valence-electron chi connectivity index (χ1n) is 15.8. The van der Waals surface area contributed by atoms with Gasteiger partial charge in [0.1, 0.15) is 11.5 Å². The van der Waals surface area contributed by atoms with E-state index >= 15 is 0 Å². The highest BCUT2D eigenvalue weighted by Crippen LogP contribution is 2.51. The normalized spacial score (nSPS) is 19.4. The fraction of sp³-hybridized carbons (Fsp3) is 0.368. The zero-order chi connectivity index (χ0) is 31.2.